The van der Waals surface area contributed by atoms with Gasteiger partial charge in [0, 0.05) is 18.9 Å². The molecule has 11 nitrogen and oxygen atoms in total. The molecule has 1 aromatic carbocycles. The van der Waals surface area contributed by atoms with E-state index in [1.165, 1.54) is 20.1 Å². The lowest BCUT2D eigenvalue weighted by Gasteiger charge is -2.47. The van der Waals surface area contributed by atoms with Gasteiger partial charge in [0.25, 0.3) is 0 Å². The number of carbonyl (C=O) groups is 4. The molecule has 0 radical (unpaired) electrons. The molecule has 0 amide bonds. The van der Waals surface area contributed by atoms with Gasteiger partial charge in [-0.1, -0.05) is 39.0 Å². The van der Waals surface area contributed by atoms with Gasteiger partial charge in [0.05, 0.1) is 29.4 Å². The van der Waals surface area contributed by atoms with E-state index in [0.29, 0.717) is 17.6 Å². The highest BCUT2D eigenvalue weighted by Gasteiger charge is 2.50. The number of rotatable bonds is 7. The molecule has 0 spiro atoms. The van der Waals surface area contributed by atoms with Crippen molar-refractivity contribution < 1.29 is 48.0 Å². The highest BCUT2D eigenvalue weighted by atomic mass is 16.7. The molecule has 0 aromatic heterocycles. The van der Waals surface area contributed by atoms with Crippen molar-refractivity contribution >= 4 is 23.5 Å². The van der Waals surface area contributed by atoms with Gasteiger partial charge in [-0.3, -0.25) is 14.4 Å². The van der Waals surface area contributed by atoms with Crippen LogP contribution in [0.4, 0.5) is 0 Å². The van der Waals surface area contributed by atoms with Gasteiger partial charge in [0.2, 0.25) is 0 Å². The molecule has 0 bridgehead atoms. The summed E-state index contributed by atoms with van der Waals surface area (Å²) >= 11 is 0. The lowest BCUT2D eigenvalue weighted by Crippen LogP contribution is -2.60. The predicted molar refractivity (Wildman–Crippen MR) is 174 cm³/mol. The van der Waals surface area contributed by atoms with Crippen molar-refractivity contribution in [2.75, 3.05) is 21.2 Å². The number of aliphatic hydroxyl groups is 1. The number of aliphatic hydroxyl groups excluding tert-OH is 1. The van der Waals surface area contributed by atoms with Crippen molar-refractivity contribution in [3.63, 3.8) is 0 Å². The molecule has 1 unspecified atom stereocenters. The van der Waals surface area contributed by atoms with Crippen LogP contribution in [0.1, 0.15) is 78.1 Å². The van der Waals surface area contributed by atoms with Crippen LogP contribution >= 0.6 is 0 Å². The number of likely N-dealkylation sites (N-methyl/N-ethyl adjacent to an activating group) is 1. The second kappa shape index (κ2) is 16.4. The minimum Gasteiger partial charge on any atom is -0.459 e. The third kappa shape index (κ3) is 9.14. The number of esters is 2. The van der Waals surface area contributed by atoms with E-state index in [2.05, 4.69) is 0 Å². The molecule has 47 heavy (non-hydrogen) atoms. The Balaban J connectivity index is 2.10. The van der Waals surface area contributed by atoms with Gasteiger partial charge >= 0.3 is 11.9 Å². The van der Waals surface area contributed by atoms with Gasteiger partial charge in [0.1, 0.15) is 18.1 Å². The molecule has 2 aliphatic heterocycles. The minimum atomic E-state index is -1.26. The first-order valence-corrected chi connectivity index (χ1v) is 16.5. The molecule has 2 aliphatic rings. The standard InChI is InChI=1S/C36H53NO10/c1-11-28-27(38)17-20(2)29(39)21(3)19-36(7,43-10)32(23(5)30(40)24(6)33(41)45-28)47-35-31(26(37(8)9)18-22(4)44-35)46-34(42)25-15-13-12-14-16-25/h12-17,21-24,26-28,31-32,35,38H,11,18-19H2,1-10H3/b20-17-/t21-,22-,23+,24-,26+,27+,28-,31-,32-,35?,36-/m1/s1. The number of nitrogens with zero attached hydrogens (tertiary/aromatic N) is 1. The fraction of sp³-hybridized carbons (Fsp3) is 0.667. The van der Waals surface area contributed by atoms with E-state index in [-0.39, 0.29) is 30.8 Å². The average molecular weight is 660 g/mol. The number of carbonyl (C=O) groups excluding carboxylic acids is 4. The van der Waals surface area contributed by atoms with Crippen LogP contribution in [0, 0.1) is 17.8 Å². The Hall–Kier alpha value is -2.96. The van der Waals surface area contributed by atoms with Gasteiger partial charge in [-0.05, 0) is 84.8 Å². The Morgan fingerprint density at radius 2 is 1.72 bits per heavy atom. The average Bonchev–Trinajstić information content (AvgIpc) is 3.04. The Morgan fingerprint density at radius 3 is 2.30 bits per heavy atom. The number of methoxy groups -OCH3 is 1. The summed E-state index contributed by atoms with van der Waals surface area (Å²) in [6.45, 7) is 11.9. The number of Topliss-reactive ketones (excluding diaryl/α,β-unsaturated/α-hetero) is 2. The summed E-state index contributed by atoms with van der Waals surface area (Å²) in [4.78, 5) is 56.1. The molecule has 0 aliphatic carbocycles. The molecule has 1 N–H and O–H groups in total. The number of benzene rings is 1. The maximum atomic E-state index is 14.0. The van der Waals surface area contributed by atoms with E-state index in [0.717, 1.165) is 0 Å². The highest BCUT2D eigenvalue weighted by Crippen LogP contribution is 2.37. The van der Waals surface area contributed by atoms with Crippen molar-refractivity contribution in [2.45, 2.75) is 116 Å². The maximum absolute atomic E-state index is 14.0. The topological polar surface area (TPSA) is 138 Å². The number of hydrogen-bond donors (Lipinski definition) is 1. The molecule has 1 fully saturated rings. The molecule has 11 atom stereocenters. The lowest BCUT2D eigenvalue weighted by atomic mass is 9.77. The number of hydrogen-bond acceptors (Lipinski definition) is 11. The van der Waals surface area contributed by atoms with Gasteiger partial charge in [-0.2, -0.15) is 0 Å². The molecule has 3 rings (SSSR count). The van der Waals surface area contributed by atoms with E-state index in [1.54, 1.807) is 65.0 Å². The van der Waals surface area contributed by atoms with E-state index in [4.69, 9.17) is 23.7 Å². The van der Waals surface area contributed by atoms with Crippen molar-refractivity contribution in [1.29, 1.82) is 0 Å². The second-order valence-electron chi connectivity index (χ2n) is 13.5. The fourth-order valence-electron chi connectivity index (χ4n) is 6.62. The Morgan fingerprint density at radius 1 is 1.09 bits per heavy atom. The highest BCUT2D eigenvalue weighted by molar-refractivity contribution is 6.00. The second-order valence-corrected chi connectivity index (χ2v) is 13.5. The number of ketones is 2. The molecular formula is C36H53NO10. The summed E-state index contributed by atoms with van der Waals surface area (Å²) < 4.78 is 30.8. The Labute approximate surface area is 278 Å². The quantitative estimate of drug-likeness (QED) is 0.334. The number of ether oxygens (including phenoxy) is 5. The fourth-order valence-corrected chi connectivity index (χ4v) is 6.62. The van der Waals surface area contributed by atoms with Crippen LogP contribution in [0.3, 0.4) is 0 Å². The normalized spacial score (nSPS) is 37.4. The predicted octanol–water partition coefficient (Wildman–Crippen LogP) is 4.15. The largest absolute Gasteiger partial charge is 0.459 e. The summed E-state index contributed by atoms with van der Waals surface area (Å²) in [5.41, 5.74) is -0.575. The van der Waals surface area contributed by atoms with Crippen molar-refractivity contribution in [3.05, 3.63) is 47.5 Å². The van der Waals surface area contributed by atoms with Crippen LogP contribution in [-0.2, 0) is 38.1 Å². The summed E-state index contributed by atoms with van der Waals surface area (Å²) in [6.07, 6.45) is -3.19. The van der Waals surface area contributed by atoms with E-state index in [9.17, 15) is 24.3 Å². The first-order chi connectivity index (χ1) is 22.0. The first-order valence-electron chi connectivity index (χ1n) is 16.5. The SMILES string of the molecule is CC[C@H]1OC(=O)[C@H](C)C(=O)[C@H](C)[C@@H](OC2O[C@H](C)C[C@H](N(C)C)[C@H]2OC(=O)c2ccccc2)[C@](C)(OC)C[C@@H](C)C(=O)/C(C)=C\[C@@H]1O. The van der Waals surface area contributed by atoms with Crippen LogP contribution < -0.4 is 0 Å². The maximum Gasteiger partial charge on any atom is 0.338 e. The zero-order valence-corrected chi connectivity index (χ0v) is 29.4. The molecule has 2 heterocycles. The molecule has 1 saturated heterocycles. The third-order valence-electron chi connectivity index (χ3n) is 9.55. The minimum absolute atomic E-state index is 0.135. The lowest BCUT2D eigenvalue weighted by molar-refractivity contribution is -0.294. The van der Waals surface area contributed by atoms with E-state index in [1.807, 2.05) is 25.9 Å². The summed E-state index contributed by atoms with van der Waals surface area (Å²) in [5, 5.41) is 10.8. The summed E-state index contributed by atoms with van der Waals surface area (Å²) in [5.74, 6) is -4.81. The van der Waals surface area contributed by atoms with Crippen molar-refractivity contribution in [3.8, 4) is 0 Å². The zero-order valence-electron chi connectivity index (χ0n) is 29.4. The summed E-state index contributed by atoms with van der Waals surface area (Å²) in [7, 11) is 5.24. The van der Waals surface area contributed by atoms with Gasteiger partial charge in [0.15, 0.2) is 24.0 Å². The van der Waals surface area contributed by atoms with Crippen molar-refractivity contribution in [1.82, 2.24) is 4.90 Å². The number of allylic oxidation sites excluding steroid dienone is 1. The van der Waals surface area contributed by atoms with Crippen LogP contribution in [-0.4, -0.2) is 103 Å². The van der Waals surface area contributed by atoms with Crippen LogP contribution in [0.15, 0.2) is 42.0 Å². The smallest absolute Gasteiger partial charge is 0.338 e. The van der Waals surface area contributed by atoms with Crippen molar-refractivity contribution in [2.24, 2.45) is 17.8 Å². The molecule has 0 saturated carbocycles. The molecule has 1 aromatic rings. The van der Waals surface area contributed by atoms with Crippen LogP contribution in [0.5, 0.6) is 0 Å². The molecule has 11 heteroatoms. The van der Waals surface area contributed by atoms with E-state index < -0.39 is 71.8 Å². The third-order valence-corrected chi connectivity index (χ3v) is 9.55. The van der Waals surface area contributed by atoms with Gasteiger partial charge in [-0.15, -0.1) is 0 Å². The monoisotopic (exact) mass is 659 g/mol. The molecular weight excluding hydrogens is 606 g/mol. The van der Waals surface area contributed by atoms with Gasteiger partial charge < -0.3 is 33.7 Å². The zero-order chi connectivity index (χ0) is 35.2. The Kier molecular flexibility index (Phi) is 13.5. The van der Waals surface area contributed by atoms with Gasteiger partial charge in [-0.25, -0.2) is 4.79 Å². The Bertz CT molecular complexity index is 1280. The number of cyclic esters (lactones) is 1. The van der Waals surface area contributed by atoms with Crippen LogP contribution in [0.2, 0.25) is 0 Å². The van der Waals surface area contributed by atoms with E-state index >= 15 is 0 Å². The first kappa shape index (κ1) is 38.5. The summed E-state index contributed by atoms with van der Waals surface area (Å²) in [6, 6.07) is 8.32. The van der Waals surface area contributed by atoms with Crippen LogP contribution in [0.25, 0.3) is 0 Å². The molecule has 262 valence electrons.